The van der Waals surface area contributed by atoms with Gasteiger partial charge >= 0.3 is 0 Å². The van der Waals surface area contributed by atoms with Gasteiger partial charge in [-0.3, -0.25) is 9.97 Å². The van der Waals surface area contributed by atoms with Crippen LogP contribution in [0.2, 0.25) is 0 Å². The lowest BCUT2D eigenvalue weighted by Crippen LogP contribution is -1.97. The summed E-state index contributed by atoms with van der Waals surface area (Å²) in [5.41, 5.74) is 2.28. The van der Waals surface area contributed by atoms with Crippen LogP contribution in [0.3, 0.4) is 0 Å². The molecule has 2 aliphatic rings. The van der Waals surface area contributed by atoms with Crippen LogP contribution >= 0.6 is 0 Å². The molecule has 1 aromatic rings. The number of rotatable bonds is 0. The molecule has 0 saturated heterocycles. The fraction of sp³-hybridized carbons (Fsp3) is 0.455. The monoisotopic (exact) mass is 174 g/mol. The zero-order valence-corrected chi connectivity index (χ0v) is 8.07. The van der Waals surface area contributed by atoms with Crippen molar-refractivity contribution in [2.75, 3.05) is 0 Å². The highest BCUT2D eigenvalue weighted by Gasteiger charge is 2.40. The zero-order chi connectivity index (χ0) is 9.26. The summed E-state index contributed by atoms with van der Waals surface area (Å²) in [6, 6.07) is 0. The summed E-state index contributed by atoms with van der Waals surface area (Å²) in [5, 5.41) is 0. The van der Waals surface area contributed by atoms with Gasteiger partial charge in [-0.15, -0.1) is 0 Å². The number of allylic oxidation sites excluding steroid dienone is 1. The van der Waals surface area contributed by atoms with Gasteiger partial charge in [0.15, 0.2) is 0 Å². The van der Waals surface area contributed by atoms with Gasteiger partial charge < -0.3 is 0 Å². The SMILES string of the molecule is C1=CC2CC2c2nccnc21.CC. The second-order valence-corrected chi connectivity index (χ2v) is 3.19. The quantitative estimate of drug-likeness (QED) is 0.604. The fourth-order valence-corrected chi connectivity index (χ4v) is 1.73. The number of hydrogen-bond donors (Lipinski definition) is 0. The third-order valence-electron chi connectivity index (χ3n) is 2.45. The fourth-order valence-electron chi connectivity index (χ4n) is 1.73. The maximum atomic E-state index is 4.33. The Morgan fingerprint density at radius 1 is 1.23 bits per heavy atom. The average Bonchev–Trinajstić information content (AvgIpc) is 3.00. The maximum absolute atomic E-state index is 4.33. The Balaban J connectivity index is 0.000000308. The zero-order valence-electron chi connectivity index (χ0n) is 8.07. The number of hydrogen-bond acceptors (Lipinski definition) is 2. The molecule has 0 amide bonds. The van der Waals surface area contributed by atoms with E-state index in [1.807, 2.05) is 13.8 Å². The van der Waals surface area contributed by atoms with E-state index < -0.39 is 0 Å². The van der Waals surface area contributed by atoms with Crippen molar-refractivity contribution in [3.63, 3.8) is 0 Å². The summed E-state index contributed by atoms with van der Waals surface area (Å²) in [5.74, 6) is 1.47. The largest absolute Gasteiger partial charge is 0.257 e. The molecule has 1 heterocycles. The third-order valence-corrected chi connectivity index (χ3v) is 2.45. The van der Waals surface area contributed by atoms with Crippen molar-refractivity contribution in [2.45, 2.75) is 26.2 Å². The summed E-state index contributed by atoms with van der Waals surface area (Å²) in [6.45, 7) is 4.00. The molecule has 0 aliphatic heterocycles. The lowest BCUT2D eigenvalue weighted by Gasteiger charge is -2.05. The van der Waals surface area contributed by atoms with Gasteiger partial charge in [0.05, 0.1) is 11.4 Å². The molecule has 0 N–H and O–H groups in total. The number of aromatic nitrogens is 2. The maximum Gasteiger partial charge on any atom is 0.0845 e. The predicted molar refractivity (Wildman–Crippen MR) is 53.3 cm³/mol. The molecular formula is C11H14N2. The van der Waals surface area contributed by atoms with Crippen molar-refractivity contribution >= 4 is 6.08 Å². The highest BCUT2D eigenvalue weighted by Crippen LogP contribution is 2.51. The molecule has 2 nitrogen and oxygen atoms in total. The van der Waals surface area contributed by atoms with Crippen LogP contribution in [-0.4, -0.2) is 9.97 Å². The first-order valence-corrected chi connectivity index (χ1v) is 4.94. The summed E-state index contributed by atoms with van der Waals surface area (Å²) >= 11 is 0. The smallest absolute Gasteiger partial charge is 0.0845 e. The van der Waals surface area contributed by atoms with Gasteiger partial charge in [-0.2, -0.15) is 0 Å². The van der Waals surface area contributed by atoms with Gasteiger partial charge in [0, 0.05) is 18.3 Å². The van der Waals surface area contributed by atoms with Crippen molar-refractivity contribution in [1.29, 1.82) is 0 Å². The van der Waals surface area contributed by atoms with Crippen molar-refractivity contribution in [2.24, 2.45) is 5.92 Å². The van der Waals surface area contributed by atoms with E-state index in [9.17, 15) is 0 Å². The summed E-state index contributed by atoms with van der Waals surface area (Å²) in [6.07, 6.45) is 9.17. The third kappa shape index (κ3) is 1.37. The lowest BCUT2D eigenvalue weighted by atomic mass is 10.1. The Morgan fingerprint density at radius 2 is 2.00 bits per heavy atom. The second-order valence-electron chi connectivity index (χ2n) is 3.19. The van der Waals surface area contributed by atoms with E-state index in [0.29, 0.717) is 5.92 Å². The Kier molecular flexibility index (Phi) is 2.13. The van der Waals surface area contributed by atoms with Crippen LogP contribution in [0, 0.1) is 5.92 Å². The van der Waals surface area contributed by atoms with Gasteiger partial charge in [0.25, 0.3) is 0 Å². The topological polar surface area (TPSA) is 25.8 Å². The van der Waals surface area contributed by atoms with Crippen LogP contribution in [0.1, 0.15) is 37.6 Å². The van der Waals surface area contributed by atoms with Crippen molar-refractivity contribution in [1.82, 2.24) is 9.97 Å². The molecule has 2 heteroatoms. The van der Waals surface area contributed by atoms with E-state index in [1.54, 1.807) is 12.4 Å². The predicted octanol–water partition coefficient (Wildman–Crippen LogP) is 2.63. The Morgan fingerprint density at radius 3 is 2.85 bits per heavy atom. The number of nitrogens with zero attached hydrogens (tertiary/aromatic N) is 2. The molecule has 2 unspecified atom stereocenters. The van der Waals surface area contributed by atoms with Gasteiger partial charge in [0.2, 0.25) is 0 Å². The van der Waals surface area contributed by atoms with E-state index in [4.69, 9.17) is 0 Å². The molecule has 1 aromatic heterocycles. The van der Waals surface area contributed by atoms with Crippen LogP contribution in [0.15, 0.2) is 18.5 Å². The lowest BCUT2D eigenvalue weighted by molar-refractivity contribution is 0.911. The van der Waals surface area contributed by atoms with Gasteiger partial charge in [-0.25, -0.2) is 0 Å². The van der Waals surface area contributed by atoms with E-state index in [2.05, 4.69) is 22.1 Å². The van der Waals surface area contributed by atoms with Gasteiger partial charge in [0.1, 0.15) is 0 Å². The molecule has 1 saturated carbocycles. The Labute approximate surface area is 78.7 Å². The van der Waals surface area contributed by atoms with Crippen molar-refractivity contribution in [3.05, 3.63) is 29.9 Å². The molecule has 0 bridgehead atoms. The van der Waals surface area contributed by atoms with Gasteiger partial charge in [-0.1, -0.05) is 19.9 Å². The Hall–Kier alpha value is -1.18. The molecule has 2 atom stereocenters. The summed E-state index contributed by atoms with van der Waals surface area (Å²) in [7, 11) is 0. The minimum atomic E-state index is 0.698. The normalized spacial score (nSPS) is 26.6. The van der Waals surface area contributed by atoms with E-state index in [-0.39, 0.29) is 0 Å². The first-order chi connectivity index (χ1) is 6.45. The highest BCUT2D eigenvalue weighted by molar-refractivity contribution is 5.55. The minimum absolute atomic E-state index is 0.698. The van der Waals surface area contributed by atoms with E-state index in [0.717, 1.165) is 11.6 Å². The molecule has 0 spiro atoms. The van der Waals surface area contributed by atoms with E-state index in [1.165, 1.54) is 12.1 Å². The molecule has 2 aliphatic carbocycles. The molecule has 1 fully saturated rings. The van der Waals surface area contributed by atoms with Crippen molar-refractivity contribution in [3.8, 4) is 0 Å². The van der Waals surface area contributed by atoms with E-state index >= 15 is 0 Å². The standard InChI is InChI=1S/C9H8N2.C2H6/c1-2-8-9(7-5-6(1)7)11-4-3-10-8;1-2/h1-4,6-7H,5H2;1-2H3. The number of fused-ring (bicyclic) bond motifs is 3. The summed E-state index contributed by atoms with van der Waals surface area (Å²) < 4.78 is 0. The molecule has 13 heavy (non-hydrogen) atoms. The molecule has 0 aromatic carbocycles. The second kappa shape index (κ2) is 3.29. The van der Waals surface area contributed by atoms with Crippen molar-refractivity contribution < 1.29 is 0 Å². The first kappa shape index (κ1) is 8.42. The Bertz CT molecular complexity index is 331. The van der Waals surface area contributed by atoms with Crippen LogP contribution in [0.4, 0.5) is 0 Å². The van der Waals surface area contributed by atoms with Crippen LogP contribution in [0.5, 0.6) is 0 Å². The first-order valence-electron chi connectivity index (χ1n) is 4.94. The molecule has 0 radical (unpaired) electrons. The molecule has 68 valence electrons. The van der Waals surface area contributed by atoms with Crippen LogP contribution < -0.4 is 0 Å². The molecular weight excluding hydrogens is 160 g/mol. The average molecular weight is 174 g/mol. The highest BCUT2D eigenvalue weighted by atomic mass is 14.8. The van der Waals surface area contributed by atoms with Crippen LogP contribution in [-0.2, 0) is 0 Å². The minimum Gasteiger partial charge on any atom is -0.257 e. The molecule has 3 rings (SSSR count). The van der Waals surface area contributed by atoms with Gasteiger partial charge in [-0.05, 0) is 18.4 Å². The summed E-state index contributed by atoms with van der Waals surface area (Å²) in [4.78, 5) is 8.58. The van der Waals surface area contributed by atoms with Crippen LogP contribution in [0.25, 0.3) is 6.08 Å².